The van der Waals surface area contributed by atoms with Crippen molar-refractivity contribution in [3.63, 3.8) is 0 Å². The molecule has 0 aromatic heterocycles. The number of ketones is 1. The van der Waals surface area contributed by atoms with Crippen molar-refractivity contribution < 1.29 is 9.59 Å². The number of carbonyl (C=O) groups is 2. The lowest BCUT2D eigenvalue weighted by Gasteiger charge is -2.08. The number of amides is 1. The monoisotopic (exact) mass is 339 g/mol. The number of hydrogen-bond donors (Lipinski definition) is 1. The zero-order chi connectivity index (χ0) is 18.8. The van der Waals surface area contributed by atoms with Crippen molar-refractivity contribution in [1.82, 2.24) is 5.32 Å². The number of hydrogen-bond acceptors (Lipinski definition) is 2. The molecule has 0 saturated carbocycles. The van der Waals surface area contributed by atoms with Gasteiger partial charge in [0.15, 0.2) is 5.78 Å². The van der Waals surface area contributed by atoms with Crippen LogP contribution < -0.4 is 5.32 Å². The van der Waals surface area contributed by atoms with Gasteiger partial charge in [-0.3, -0.25) is 9.59 Å². The number of nitrogens with one attached hydrogen (secondary N) is 1. The molecule has 0 bridgehead atoms. The normalized spacial score (nSPS) is 10.2. The summed E-state index contributed by atoms with van der Waals surface area (Å²) in [4.78, 5) is 24.1. The van der Waals surface area contributed by atoms with Crippen LogP contribution in [0.25, 0.3) is 0 Å². The van der Waals surface area contributed by atoms with Gasteiger partial charge < -0.3 is 5.32 Å². The predicted octanol–water partition coefficient (Wildman–Crippen LogP) is 4.97. The Balaban J connectivity index is 0.000000705. The van der Waals surface area contributed by atoms with E-state index in [1.807, 2.05) is 32.0 Å². The van der Waals surface area contributed by atoms with E-state index in [2.05, 4.69) is 26.1 Å². The molecule has 0 fully saturated rings. The molecule has 1 amide bonds. The third kappa shape index (κ3) is 7.79. The Labute approximate surface area is 151 Å². The van der Waals surface area contributed by atoms with Gasteiger partial charge in [0.1, 0.15) is 0 Å². The molecule has 3 nitrogen and oxygen atoms in total. The first kappa shape index (κ1) is 20.6. The molecule has 0 aliphatic rings. The minimum atomic E-state index is -0.109. The van der Waals surface area contributed by atoms with Crippen LogP contribution in [-0.2, 0) is 0 Å². The van der Waals surface area contributed by atoms with Crippen molar-refractivity contribution >= 4 is 11.7 Å². The molecule has 25 heavy (non-hydrogen) atoms. The number of benzene rings is 2. The highest BCUT2D eigenvalue weighted by Crippen LogP contribution is 2.11. The van der Waals surface area contributed by atoms with Crippen molar-refractivity contribution in [3.05, 3.63) is 71.3 Å². The van der Waals surface area contributed by atoms with Gasteiger partial charge in [-0.25, -0.2) is 0 Å². The molecular weight excluding hydrogens is 310 g/mol. The minimum Gasteiger partial charge on any atom is -0.352 e. The highest BCUT2D eigenvalue weighted by molar-refractivity contribution is 6.09. The van der Waals surface area contributed by atoms with Gasteiger partial charge >= 0.3 is 0 Å². The van der Waals surface area contributed by atoms with Crippen LogP contribution in [0, 0.1) is 11.8 Å². The summed E-state index contributed by atoms with van der Waals surface area (Å²) in [6.45, 7) is 11.2. The maximum Gasteiger partial charge on any atom is 0.251 e. The maximum absolute atomic E-state index is 12.2. The predicted molar refractivity (Wildman–Crippen MR) is 104 cm³/mol. The summed E-state index contributed by atoms with van der Waals surface area (Å²) in [5.41, 5.74) is 1.80. The van der Waals surface area contributed by atoms with Crippen LogP contribution in [0.15, 0.2) is 54.6 Å². The van der Waals surface area contributed by atoms with Crippen LogP contribution in [0.4, 0.5) is 0 Å². The lowest BCUT2D eigenvalue weighted by Crippen LogP contribution is -2.27. The maximum atomic E-state index is 12.2. The summed E-state index contributed by atoms with van der Waals surface area (Å²) >= 11 is 0. The highest BCUT2D eigenvalue weighted by Gasteiger charge is 2.10. The molecule has 1 N–H and O–H groups in total. The van der Waals surface area contributed by atoms with Gasteiger partial charge in [-0.1, -0.05) is 77.1 Å². The van der Waals surface area contributed by atoms with E-state index >= 15 is 0 Å². The second kappa shape index (κ2) is 10.4. The molecular formula is C22H29NO2. The molecule has 0 radical (unpaired) electrons. The lowest BCUT2D eigenvalue weighted by molar-refractivity contribution is 0.0947. The van der Waals surface area contributed by atoms with E-state index in [9.17, 15) is 9.59 Å². The molecule has 0 saturated heterocycles. The van der Waals surface area contributed by atoms with Gasteiger partial charge in [0, 0.05) is 23.2 Å². The smallest absolute Gasteiger partial charge is 0.251 e. The molecule has 3 heteroatoms. The Bertz CT molecular complexity index is 655. The average Bonchev–Trinajstić information content (AvgIpc) is 2.59. The largest absolute Gasteiger partial charge is 0.352 e. The molecule has 0 aliphatic carbocycles. The van der Waals surface area contributed by atoms with Crippen molar-refractivity contribution in [1.29, 1.82) is 0 Å². The average molecular weight is 339 g/mol. The molecule has 0 spiro atoms. The van der Waals surface area contributed by atoms with E-state index in [-0.39, 0.29) is 11.7 Å². The Morgan fingerprint density at radius 2 is 1.20 bits per heavy atom. The zero-order valence-electron chi connectivity index (χ0n) is 15.9. The van der Waals surface area contributed by atoms with Gasteiger partial charge in [-0.2, -0.15) is 0 Å². The van der Waals surface area contributed by atoms with E-state index in [4.69, 9.17) is 0 Å². The van der Waals surface area contributed by atoms with Crippen molar-refractivity contribution in [2.75, 3.05) is 6.54 Å². The van der Waals surface area contributed by atoms with Gasteiger partial charge in [0.05, 0.1) is 0 Å². The standard InChI is InChI=1S/C18H19NO2.C4H10/c1-13(2)12-19-18(21)16-10-8-15(9-11-16)17(20)14-6-4-3-5-7-14;1-4(2)3/h3-11,13H,12H2,1-2H3,(H,19,21);4H,1-3H3. The summed E-state index contributed by atoms with van der Waals surface area (Å²) in [6, 6.07) is 15.9. The van der Waals surface area contributed by atoms with Crippen LogP contribution in [0.1, 0.15) is 60.9 Å². The molecule has 0 unspecified atom stereocenters. The molecule has 2 aromatic carbocycles. The molecule has 0 atom stereocenters. The molecule has 2 rings (SSSR count). The molecule has 2 aromatic rings. The minimum absolute atomic E-state index is 0.0373. The summed E-state index contributed by atoms with van der Waals surface area (Å²) in [5.74, 6) is 1.10. The quantitative estimate of drug-likeness (QED) is 0.782. The van der Waals surface area contributed by atoms with E-state index in [1.165, 1.54) is 0 Å². The summed E-state index contributed by atoms with van der Waals surface area (Å²) in [5, 5.41) is 2.85. The fraction of sp³-hybridized carbons (Fsp3) is 0.364. The van der Waals surface area contributed by atoms with Crippen molar-refractivity contribution in [3.8, 4) is 0 Å². The first-order valence-corrected chi connectivity index (χ1v) is 8.79. The summed E-state index contributed by atoms with van der Waals surface area (Å²) < 4.78 is 0. The van der Waals surface area contributed by atoms with Gasteiger partial charge in [-0.15, -0.1) is 0 Å². The second-order valence-corrected chi connectivity index (χ2v) is 7.11. The highest BCUT2D eigenvalue weighted by atomic mass is 16.1. The first-order valence-electron chi connectivity index (χ1n) is 8.79. The Hall–Kier alpha value is -2.42. The van der Waals surface area contributed by atoms with E-state index in [0.29, 0.717) is 29.2 Å². The molecule has 134 valence electrons. The second-order valence-electron chi connectivity index (χ2n) is 7.11. The Morgan fingerprint density at radius 1 is 0.760 bits per heavy atom. The third-order valence-electron chi connectivity index (χ3n) is 3.12. The van der Waals surface area contributed by atoms with E-state index in [0.717, 1.165) is 5.92 Å². The lowest BCUT2D eigenvalue weighted by atomic mass is 10.0. The van der Waals surface area contributed by atoms with Crippen LogP contribution >= 0.6 is 0 Å². The summed E-state index contributed by atoms with van der Waals surface area (Å²) in [7, 11) is 0. The Kier molecular flexibility index (Phi) is 8.62. The Morgan fingerprint density at radius 3 is 1.68 bits per heavy atom. The van der Waals surface area contributed by atoms with Crippen LogP contribution in [0.3, 0.4) is 0 Å². The van der Waals surface area contributed by atoms with Gasteiger partial charge in [-0.05, 0) is 24.0 Å². The van der Waals surface area contributed by atoms with Crippen LogP contribution in [0.5, 0.6) is 0 Å². The third-order valence-corrected chi connectivity index (χ3v) is 3.12. The van der Waals surface area contributed by atoms with Crippen molar-refractivity contribution in [2.24, 2.45) is 11.8 Å². The SMILES string of the molecule is CC(C)C.CC(C)CNC(=O)c1ccc(C(=O)c2ccccc2)cc1. The van der Waals surface area contributed by atoms with Gasteiger partial charge in [0.25, 0.3) is 5.91 Å². The number of carbonyl (C=O) groups excluding carboxylic acids is 2. The van der Waals surface area contributed by atoms with Gasteiger partial charge in [0.2, 0.25) is 0 Å². The van der Waals surface area contributed by atoms with Crippen LogP contribution in [0.2, 0.25) is 0 Å². The fourth-order valence-corrected chi connectivity index (χ4v) is 1.93. The van der Waals surface area contributed by atoms with Crippen LogP contribution in [-0.4, -0.2) is 18.2 Å². The zero-order valence-corrected chi connectivity index (χ0v) is 15.9. The number of rotatable bonds is 5. The first-order chi connectivity index (χ1) is 11.8. The van der Waals surface area contributed by atoms with E-state index in [1.54, 1.807) is 36.4 Å². The fourth-order valence-electron chi connectivity index (χ4n) is 1.93. The molecule has 0 aliphatic heterocycles. The van der Waals surface area contributed by atoms with E-state index < -0.39 is 0 Å². The van der Waals surface area contributed by atoms with Crippen molar-refractivity contribution in [2.45, 2.75) is 34.6 Å². The topological polar surface area (TPSA) is 46.2 Å². The summed E-state index contributed by atoms with van der Waals surface area (Å²) in [6.07, 6.45) is 0. The molecule has 0 heterocycles.